The van der Waals surface area contributed by atoms with E-state index in [0.717, 1.165) is 21.8 Å². The maximum absolute atomic E-state index is 10.8. The molecular formula is C12H10BrClN2O. The van der Waals surface area contributed by atoms with Crippen molar-refractivity contribution in [1.82, 2.24) is 4.98 Å². The SMILES string of the molecule is NC(=O)Cc1cc(Cl)c2cc(CBr)ccc2n1. The Hall–Kier alpha value is -1.13. The van der Waals surface area contributed by atoms with Crippen molar-refractivity contribution < 1.29 is 4.79 Å². The zero-order valence-corrected chi connectivity index (χ0v) is 11.3. The smallest absolute Gasteiger partial charge is 0.223 e. The van der Waals surface area contributed by atoms with E-state index in [2.05, 4.69) is 20.9 Å². The van der Waals surface area contributed by atoms with Gasteiger partial charge in [-0.1, -0.05) is 33.6 Å². The van der Waals surface area contributed by atoms with Gasteiger partial charge in [-0.05, 0) is 23.8 Å². The highest BCUT2D eigenvalue weighted by Crippen LogP contribution is 2.25. The van der Waals surface area contributed by atoms with Gasteiger partial charge in [-0.2, -0.15) is 0 Å². The first-order valence-electron chi connectivity index (χ1n) is 5.02. The fourth-order valence-electron chi connectivity index (χ4n) is 1.64. The lowest BCUT2D eigenvalue weighted by Crippen LogP contribution is -2.14. The van der Waals surface area contributed by atoms with Gasteiger partial charge in [0.25, 0.3) is 0 Å². The van der Waals surface area contributed by atoms with Crippen LogP contribution in [-0.4, -0.2) is 10.9 Å². The lowest BCUT2D eigenvalue weighted by molar-refractivity contribution is -0.117. The first kappa shape index (κ1) is 12.3. The van der Waals surface area contributed by atoms with Gasteiger partial charge < -0.3 is 5.73 Å². The molecular weight excluding hydrogens is 304 g/mol. The number of pyridine rings is 1. The van der Waals surface area contributed by atoms with Gasteiger partial charge in [-0.25, -0.2) is 0 Å². The Balaban J connectivity index is 2.55. The number of halogens is 2. The average Bonchev–Trinajstić information content (AvgIpc) is 2.28. The number of aromatic nitrogens is 1. The molecule has 0 aliphatic rings. The molecule has 1 aromatic heterocycles. The summed E-state index contributed by atoms with van der Waals surface area (Å²) in [6, 6.07) is 7.52. The second-order valence-corrected chi connectivity index (χ2v) is 4.69. The molecule has 1 heterocycles. The number of benzene rings is 1. The number of primary amides is 1. The number of rotatable bonds is 3. The van der Waals surface area contributed by atoms with E-state index in [1.165, 1.54) is 0 Å². The summed E-state index contributed by atoms with van der Waals surface area (Å²) in [5.41, 5.74) is 7.64. The van der Waals surface area contributed by atoms with Crippen LogP contribution in [0.3, 0.4) is 0 Å². The second-order valence-electron chi connectivity index (χ2n) is 3.72. The van der Waals surface area contributed by atoms with Gasteiger partial charge in [0.05, 0.1) is 22.7 Å². The highest BCUT2D eigenvalue weighted by Gasteiger charge is 2.07. The minimum Gasteiger partial charge on any atom is -0.369 e. The normalized spacial score (nSPS) is 10.7. The van der Waals surface area contributed by atoms with Crippen LogP contribution in [0.2, 0.25) is 5.02 Å². The molecule has 0 aliphatic heterocycles. The van der Waals surface area contributed by atoms with E-state index in [1.807, 2.05) is 18.2 Å². The molecule has 3 nitrogen and oxygen atoms in total. The largest absolute Gasteiger partial charge is 0.369 e. The minimum atomic E-state index is -0.412. The predicted molar refractivity (Wildman–Crippen MR) is 72.3 cm³/mol. The summed E-state index contributed by atoms with van der Waals surface area (Å²) < 4.78 is 0. The number of hydrogen-bond donors (Lipinski definition) is 1. The molecule has 1 aromatic carbocycles. The Morgan fingerprint density at radius 3 is 2.82 bits per heavy atom. The van der Waals surface area contributed by atoms with Crippen molar-refractivity contribution in [1.29, 1.82) is 0 Å². The summed E-state index contributed by atoms with van der Waals surface area (Å²) in [5, 5.41) is 2.24. The average molecular weight is 314 g/mol. The van der Waals surface area contributed by atoms with Crippen LogP contribution in [0, 0.1) is 0 Å². The van der Waals surface area contributed by atoms with E-state index < -0.39 is 5.91 Å². The molecule has 0 saturated heterocycles. The van der Waals surface area contributed by atoms with Crippen molar-refractivity contribution in [2.45, 2.75) is 11.8 Å². The van der Waals surface area contributed by atoms with Gasteiger partial charge in [0.2, 0.25) is 5.91 Å². The molecule has 0 fully saturated rings. The van der Waals surface area contributed by atoms with Crippen LogP contribution in [0.5, 0.6) is 0 Å². The van der Waals surface area contributed by atoms with E-state index in [0.29, 0.717) is 10.7 Å². The third kappa shape index (κ3) is 2.76. The molecule has 2 aromatic rings. The summed E-state index contributed by atoms with van der Waals surface area (Å²) in [6.45, 7) is 0. The molecule has 0 saturated carbocycles. The maximum Gasteiger partial charge on any atom is 0.223 e. The summed E-state index contributed by atoms with van der Waals surface area (Å²) in [5.74, 6) is -0.412. The Bertz CT molecular complexity index is 586. The number of carbonyl (C=O) groups excluding carboxylic acids is 1. The van der Waals surface area contributed by atoms with E-state index >= 15 is 0 Å². The highest BCUT2D eigenvalue weighted by atomic mass is 79.9. The Kier molecular flexibility index (Phi) is 3.64. The minimum absolute atomic E-state index is 0.107. The zero-order valence-electron chi connectivity index (χ0n) is 8.91. The van der Waals surface area contributed by atoms with Gasteiger partial charge in [0.1, 0.15) is 0 Å². The van der Waals surface area contributed by atoms with Gasteiger partial charge in [-0.15, -0.1) is 0 Å². The van der Waals surface area contributed by atoms with Crippen molar-refractivity contribution >= 4 is 44.3 Å². The molecule has 0 spiro atoms. The number of amides is 1. The topological polar surface area (TPSA) is 56.0 Å². The third-order valence-electron chi connectivity index (χ3n) is 2.39. The predicted octanol–water partition coefficient (Wildman–Crippen LogP) is 2.81. The molecule has 0 unspecified atom stereocenters. The highest BCUT2D eigenvalue weighted by molar-refractivity contribution is 9.08. The van der Waals surface area contributed by atoms with Gasteiger partial charge in [0, 0.05) is 10.7 Å². The fraction of sp³-hybridized carbons (Fsp3) is 0.167. The molecule has 0 radical (unpaired) electrons. The number of fused-ring (bicyclic) bond motifs is 1. The summed E-state index contributed by atoms with van der Waals surface area (Å²) >= 11 is 9.56. The number of nitrogens with two attached hydrogens (primary N) is 1. The van der Waals surface area contributed by atoms with Crippen molar-refractivity contribution in [3.63, 3.8) is 0 Å². The summed E-state index contributed by atoms with van der Waals surface area (Å²) in [6.07, 6.45) is 0.107. The number of carbonyl (C=O) groups is 1. The van der Waals surface area contributed by atoms with Crippen LogP contribution < -0.4 is 5.73 Å². The van der Waals surface area contributed by atoms with Crippen LogP contribution in [0.15, 0.2) is 24.3 Å². The first-order chi connectivity index (χ1) is 8.10. The van der Waals surface area contributed by atoms with Gasteiger partial charge in [-0.3, -0.25) is 9.78 Å². The zero-order chi connectivity index (χ0) is 12.4. The molecule has 88 valence electrons. The Labute approximate surface area is 112 Å². The van der Waals surface area contributed by atoms with Crippen LogP contribution in [0.4, 0.5) is 0 Å². The first-order valence-corrected chi connectivity index (χ1v) is 6.52. The Morgan fingerprint density at radius 2 is 2.18 bits per heavy atom. The number of hydrogen-bond acceptors (Lipinski definition) is 2. The number of alkyl halides is 1. The maximum atomic E-state index is 10.8. The van der Waals surface area contributed by atoms with Crippen molar-refractivity contribution in [3.05, 3.63) is 40.5 Å². The number of nitrogens with zero attached hydrogens (tertiary/aromatic N) is 1. The molecule has 17 heavy (non-hydrogen) atoms. The van der Waals surface area contributed by atoms with E-state index in [4.69, 9.17) is 17.3 Å². The molecule has 5 heteroatoms. The molecule has 1 amide bonds. The van der Waals surface area contributed by atoms with Crippen LogP contribution in [0.25, 0.3) is 10.9 Å². The molecule has 0 bridgehead atoms. The lowest BCUT2D eigenvalue weighted by Gasteiger charge is -2.05. The van der Waals surface area contributed by atoms with E-state index in [-0.39, 0.29) is 6.42 Å². The van der Waals surface area contributed by atoms with Crippen molar-refractivity contribution in [2.24, 2.45) is 5.73 Å². The lowest BCUT2D eigenvalue weighted by atomic mass is 10.1. The summed E-state index contributed by atoms with van der Waals surface area (Å²) in [7, 11) is 0. The Morgan fingerprint density at radius 1 is 1.41 bits per heavy atom. The van der Waals surface area contributed by atoms with Crippen LogP contribution >= 0.6 is 27.5 Å². The van der Waals surface area contributed by atoms with Crippen molar-refractivity contribution in [2.75, 3.05) is 0 Å². The van der Waals surface area contributed by atoms with Crippen molar-refractivity contribution in [3.8, 4) is 0 Å². The molecule has 2 rings (SSSR count). The fourth-order valence-corrected chi connectivity index (χ4v) is 2.26. The van der Waals surface area contributed by atoms with Gasteiger partial charge >= 0.3 is 0 Å². The molecule has 2 N–H and O–H groups in total. The molecule has 0 atom stereocenters. The summed E-state index contributed by atoms with van der Waals surface area (Å²) in [4.78, 5) is 15.2. The standard InChI is InChI=1S/C12H10BrClN2O/c13-6-7-1-2-11-9(3-7)10(14)4-8(16-11)5-12(15)17/h1-4H,5-6H2,(H2,15,17). The second kappa shape index (κ2) is 5.02. The monoisotopic (exact) mass is 312 g/mol. The van der Waals surface area contributed by atoms with E-state index in [9.17, 15) is 4.79 Å². The van der Waals surface area contributed by atoms with Gasteiger partial charge in [0.15, 0.2) is 0 Å². The van der Waals surface area contributed by atoms with Crippen LogP contribution in [-0.2, 0) is 16.5 Å². The van der Waals surface area contributed by atoms with E-state index in [1.54, 1.807) is 6.07 Å². The third-order valence-corrected chi connectivity index (χ3v) is 3.35. The molecule has 0 aliphatic carbocycles. The van der Waals surface area contributed by atoms with Crippen LogP contribution in [0.1, 0.15) is 11.3 Å². The quantitative estimate of drug-likeness (QED) is 0.886.